The largest absolute Gasteiger partial charge is 0.493 e. The fraction of sp³-hybridized carbons (Fsp3) is 0.650. The van der Waals surface area contributed by atoms with Crippen molar-refractivity contribution in [1.82, 2.24) is 5.32 Å². The smallest absolute Gasteiger partial charge is 0.220 e. The number of hydrogen-bond donors (Lipinski definition) is 1. The number of carbonyl (C=O) groups is 1. The monoisotopic (exact) mass is 349 g/mol. The SMILES string of the molecule is COc1cc(CCC(=O)N[C@@H]2CCC[C@H](C)[C@H]2C)cc(OC)c1OC. The molecule has 3 atom stereocenters. The molecule has 1 saturated carbocycles. The molecule has 2 rings (SSSR count). The summed E-state index contributed by atoms with van der Waals surface area (Å²) in [6.45, 7) is 4.52. The van der Waals surface area contributed by atoms with Crippen molar-refractivity contribution in [3.63, 3.8) is 0 Å². The number of methoxy groups -OCH3 is 3. The molecule has 140 valence electrons. The lowest BCUT2D eigenvalue weighted by atomic mass is 9.78. The van der Waals surface area contributed by atoms with Crippen LogP contribution in [-0.4, -0.2) is 33.3 Å². The fourth-order valence-corrected chi connectivity index (χ4v) is 3.60. The first-order chi connectivity index (χ1) is 12.0. The average molecular weight is 349 g/mol. The van der Waals surface area contributed by atoms with Crippen LogP contribution >= 0.6 is 0 Å². The zero-order chi connectivity index (χ0) is 18.4. The number of carbonyl (C=O) groups excluding carboxylic acids is 1. The molecular formula is C20H31NO4. The van der Waals surface area contributed by atoms with E-state index < -0.39 is 0 Å². The van der Waals surface area contributed by atoms with E-state index in [2.05, 4.69) is 19.2 Å². The normalized spacial score (nSPS) is 23.0. The van der Waals surface area contributed by atoms with Gasteiger partial charge in [0, 0.05) is 12.5 Å². The first-order valence-corrected chi connectivity index (χ1v) is 9.08. The van der Waals surface area contributed by atoms with Crippen LogP contribution in [0.25, 0.3) is 0 Å². The molecule has 1 aromatic rings. The molecule has 5 heteroatoms. The van der Waals surface area contributed by atoms with Crippen LogP contribution < -0.4 is 19.5 Å². The second-order valence-electron chi connectivity index (χ2n) is 6.97. The van der Waals surface area contributed by atoms with Gasteiger partial charge in [-0.15, -0.1) is 0 Å². The highest BCUT2D eigenvalue weighted by molar-refractivity contribution is 5.76. The Balaban J connectivity index is 1.97. The lowest BCUT2D eigenvalue weighted by Gasteiger charge is -2.34. The van der Waals surface area contributed by atoms with Crippen LogP contribution in [0.2, 0.25) is 0 Å². The highest BCUT2D eigenvalue weighted by Crippen LogP contribution is 2.38. The lowest BCUT2D eigenvalue weighted by molar-refractivity contribution is -0.122. The van der Waals surface area contributed by atoms with Crippen molar-refractivity contribution in [3.8, 4) is 17.2 Å². The van der Waals surface area contributed by atoms with Gasteiger partial charge in [0.2, 0.25) is 11.7 Å². The summed E-state index contributed by atoms with van der Waals surface area (Å²) in [5.41, 5.74) is 0.995. The number of amides is 1. The summed E-state index contributed by atoms with van der Waals surface area (Å²) >= 11 is 0. The van der Waals surface area contributed by atoms with Gasteiger partial charge in [-0.2, -0.15) is 0 Å². The third kappa shape index (κ3) is 4.80. The van der Waals surface area contributed by atoms with Crippen molar-refractivity contribution in [1.29, 1.82) is 0 Å². The van der Waals surface area contributed by atoms with Gasteiger partial charge in [-0.1, -0.05) is 26.7 Å². The van der Waals surface area contributed by atoms with Crippen molar-refractivity contribution < 1.29 is 19.0 Å². The van der Waals surface area contributed by atoms with Crippen LogP contribution in [0.4, 0.5) is 0 Å². The molecule has 0 heterocycles. The maximum atomic E-state index is 12.4. The summed E-state index contributed by atoms with van der Waals surface area (Å²) in [7, 11) is 4.78. The predicted molar refractivity (Wildman–Crippen MR) is 98.5 cm³/mol. The summed E-state index contributed by atoms with van der Waals surface area (Å²) in [4.78, 5) is 12.4. The Kier molecular flexibility index (Phi) is 6.97. The van der Waals surface area contributed by atoms with Crippen molar-refractivity contribution in [3.05, 3.63) is 17.7 Å². The van der Waals surface area contributed by atoms with Crippen LogP contribution in [0.5, 0.6) is 17.2 Å². The average Bonchev–Trinajstić information content (AvgIpc) is 2.62. The van der Waals surface area contributed by atoms with Gasteiger partial charge in [-0.3, -0.25) is 4.79 Å². The number of benzene rings is 1. The van der Waals surface area contributed by atoms with Gasteiger partial charge in [-0.05, 0) is 42.4 Å². The van der Waals surface area contributed by atoms with E-state index in [1.54, 1.807) is 21.3 Å². The molecule has 5 nitrogen and oxygen atoms in total. The molecule has 0 radical (unpaired) electrons. The van der Waals surface area contributed by atoms with E-state index in [-0.39, 0.29) is 5.91 Å². The van der Waals surface area contributed by atoms with E-state index in [9.17, 15) is 4.79 Å². The van der Waals surface area contributed by atoms with Gasteiger partial charge in [0.15, 0.2) is 11.5 Å². The molecule has 0 saturated heterocycles. The van der Waals surface area contributed by atoms with Gasteiger partial charge in [0.25, 0.3) is 0 Å². The molecule has 1 aromatic carbocycles. The summed E-state index contributed by atoms with van der Waals surface area (Å²) in [6, 6.07) is 4.11. The molecule has 1 fully saturated rings. The summed E-state index contributed by atoms with van der Waals surface area (Å²) in [6.07, 6.45) is 4.64. The Morgan fingerprint density at radius 3 is 2.28 bits per heavy atom. The van der Waals surface area contributed by atoms with Gasteiger partial charge in [-0.25, -0.2) is 0 Å². The Labute approximate surface area is 151 Å². The molecule has 1 aliphatic rings. The van der Waals surface area contributed by atoms with E-state index in [4.69, 9.17) is 14.2 Å². The van der Waals surface area contributed by atoms with Crippen LogP contribution in [0.15, 0.2) is 12.1 Å². The third-order valence-electron chi connectivity index (χ3n) is 5.42. The molecule has 0 bridgehead atoms. The Bertz CT molecular complexity index is 562. The molecular weight excluding hydrogens is 318 g/mol. The van der Waals surface area contributed by atoms with Crippen LogP contribution in [0.1, 0.15) is 45.1 Å². The second kappa shape index (κ2) is 8.97. The van der Waals surface area contributed by atoms with Crippen LogP contribution in [-0.2, 0) is 11.2 Å². The predicted octanol–water partition coefficient (Wildman–Crippen LogP) is 3.59. The highest BCUT2D eigenvalue weighted by atomic mass is 16.5. The highest BCUT2D eigenvalue weighted by Gasteiger charge is 2.28. The Morgan fingerprint density at radius 1 is 1.08 bits per heavy atom. The lowest BCUT2D eigenvalue weighted by Crippen LogP contribution is -2.43. The standard InChI is InChI=1S/C20H31NO4/c1-13-7-6-8-16(14(13)2)21-19(22)10-9-15-11-17(23-3)20(25-5)18(12-15)24-4/h11-14,16H,6-10H2,1-5H3,(H,21,22)/t13-,14+,16+/m0/s1. The van der Waals surface area contributed by atoms with Gasteiger partial charge in [0.1, 0.15) is 0 Å². The van der Waals surface area contributed by atoms with Gasteiger partial charge < -0.3 is 19.5 Å². The molecule has 1 amide bonds. The van der Waals surface area contributed by atoms with Crippen molar-refractivity contribution in [2.75, 3.05) is 21.3 Å². The molecule has 0 aromatic heterocycles. The van der Waals surface area contributed by atoms with Gasteiger partial charge in [0.05, 0.1) is 21.3 Å². The summed E-state index contributed by atoms with van der Waals surface area (Å²) in [5, 5.41) is 3.22. The summed E-state index contributed by atoms with van der Waals surface area (Å²) in [5.74, 6) is 3.13. The van der Waals surface area contributed by atoms with E-state index >= 15 is 0 Å². The quantitative estimate of drug-likeness (QED) is 0.817. The van der Waals surface area contributed by atoms with Crippen molar-refractivity contribution in [2.24, 2.45) is 11.8 Å². The minimum atomic E-state index is 0.111. The van der Waals surface area contributed by atoms with E-state index in [0.717, 1.165) is 12.0 Å². The first-order valence-electron chi connectivity index (χ1n) is 9.08. The number of ether oxygens (including phenoxy) is 3. The van der Waals surface area contributed by atoms with Gasteiger partial charge >= 0.3 is 0 Å². The molecule has 0 spiro atoms. The van der Waals surface area contributed by atoms with Crippen molar-refractivity contribution >= 4 is 5.91 Å². The minimum absolute atomic E-state index is 0.111. The zero-order valence-electron chi connectivity index (χ0n) is 16.1. The third-order valence-corrected chi connectivity index (χ3v) is 5.42. The first kappa shape index (κ1) is 19.4. The second-order valence-corrected chi connectivity index (χ2v) is 6.97. The van der Waals surface area contributed by atoms with Crippen LogP contribution in [0.3, 0.4) is 0 Å². The number of hydrogen-bond acceptors (Lipinski definition) is 4. The van der Waals surface area contributed by atoms with E-state index in [1.165, 1.54) is 12.8 Å². The molecule has 0 unspecified atom stereocenters. The molecule has 1 aliphatic carbocycles. The molecule has 25 heavy (non-hydrogen) atoms. The maximum Gasteiger partial charge on any atom is 0.220 e. The van der Waals surface area contributed by atoms with Crippen LogP contribution in [0, 0.1) is 11.8 Å². The summed E-state index contributed by atoms with van der Waals surface area (Å²) < 4.78 is 16.1. The number of aryl methyl sites for hydroxylation is 1. The van der Waals surface area contributed by atoms with E-state index in [0.29, 0.717) is 48.0 Å². The molecule has 0 aliphatic heterocycles. The zero-order valence-corrected chi connectivity index (χ0v) is 16.1. The van der Waals surface area contributed by atoms with Crippen molar-refractivity contribution in [2.45, 2.75) is 52.0 Å². The number of nitrogens with one attached hydrogen (secondary N) is 1. The molecule has 1 N–H and O–H groups in total. The maximum absolute atomic E-state index is 12.4. The number of rotatable bonds is 7. The Morgan fingerprint density at radius 2 is 1.72 bits per heavy atom. The fourth-order valence-electron chi connectivity index (χ4n) is 3.60. The Hall–Kier alpha value is -1.91. The topological polar surface area (TPSA) is 56.8 Å². The van der Waals surface area contributed by atoms with E-state index in [1.807, 2.05) is 12.1 Å². The minimum Gasteiger partial charge on any atom is -0.493 e.